The van der Waals surface area contributed by atoms with E-state index >= 15 is 0 Å². The van der Waals surface area contributed by atoms with Crippen LogP contribution in [0.5, 0.6) is 5.75 Å². The van der Waals surface area contributed by atoms with Crippen LogP contribution in [0.25, 0.3) is 11.1 Å². The van der Waals surface area contributed by atoms with Crippen LogP contribution >= 0.6 is 0 Å². The molecule has 1 N–H and O–H groups in total. The van der Waals surface area contributed by atoms with Gasteiger partial charge >= 0.3 is 12.1 Å². The maximum absolute atomic E-state index is 11.2. The van der Waals surface area contributed by atoms with Gasteiger partial charge in [0.15, 0.2) is 0 Å². The first-order valence-corrected chi connectivity index (χ1v) is 13.1. The SMILES string of the molecule is CCCCCCCCCOc1c(CCC)cc(-c2ccc(C(=O)O)cc2)cc1CCCC.O=C=O. The van der Waals surface area contributed by atoms with E-state index in [1.54, 1.807) is 12.1 Å². The summed E-state index contributed by atoms with van der Waals surface area (Å²) in [6, 6.07) is 11.7. The molecule has 2 rings (SSSR count). The lowest BCUT2D eigenvalue weighted by Gasteiger charge is -2.18. The van der Waals surface area contributed by atoms with E-state index in [0.29, 0.717) is 5.56 Å². The molecule has 0 saturated carbocycles. The van der Waals surface area contributed by atoms with Crippen molar-refractivity contribution in [3.63, 3.8) is 0 Å². The number of carbonyl (C=O) groups is 1. The zero-order valence-electron chi connectivity index (χ0n) is 21.7. The van der Waals surface area contributed by atoms with Crippen LogP contribution in [0.4, 0.5) is 0 Å². The Morgan fingerprint density at radius 2 is 1.29 bits per heavy atom. The van der Waals surface area contributed by atoms with Crippen molar-refractivity contribution >= 4 is 12.1 Å². The highest BCUT2D eigenvalue weighted by Crippen LogP contribution is 2.33. The Morgan fingerprint density at radius 1 is 0.743 bits per heavy atom. The lowest BCUT2D eigenvalue weighted by molar-refractivity contribution is -0.191. The predicted molar refractivity (Wildman–Crippen MR) is 140 cm³/mol. The van der Waals surface area contributed by atoms with Crippen LogP contribution in [-0.4, -0.2) is 23.8 Å². The Labute approximate surface area is 210 Å². The average Bonchev–Trinajstić information content (AvgIpc) is 2.85. The van der Waals surface area contributed by atoms with Crippen LogP contribution < -0.4 is 4.74 Å². The molecule has 0 aliphatic rings. The number of rotatable bonds is 16. The van der Waals surface area contributed by atoms with Crippen molar-refractivity contribution in [3.05, 3.63) is 53.1 Å². The fourth-order valence-electron chi connectivity index (χ4n) is 4.15. The van der Waals surface area contributed by atoms with E-state index in [0.717, 1.165) is 62.0 Å². The molecule has 0 aliphatic carbocycles. The lowest BCUT2D eigenvalue weighted by Crippen LogP contribution is -2.05. The third-order valence-corrected chi connectivity index (χ3v) is 6.02. The summed E-state index contributed by atoms with van der Waals surface area (Å²) in [5.41, 5.74) is 5.10. The second kappa shape index (κ2) is 18.4. The third-order valence-electron chi connectivity index (χ3n) is 6.02. The molecule has 0 bridgehead atoms. The van der Waals surface area contributed by atoms with Crippen LogP contribution in [0.15, 0.2) is 36.4 Å². The Morgan fingerprint density at radius 3 is 1.83 bits per heavy atom. The summed E-state index contributed by atoms with van der Waals surface area (Å²) in [5, 5.41) is 9.20. The number of carboxylic acids is 1. The molecule has 5 heteroatoms. The predicted octanol–water partition coefficient (Wildman–Crippen LogP) is 7.89. The molecule has 5 nitrogen and oxygen atoms in total. The number of ether oxygens (including phenoxy) is 1. The summed E-state index contributed by atoms with van der Waals surface area (Å²) in [6.07, 6.45) is 14.6. The molecule has 0 amide bonds. The summed E-state index contributed by atoms with van der Waals surface area (Å²) in [5.74, 6) is 0.207. The van der Waals surface area contributed by atoms with Gasteiger partial charge < -0.3 is 9.84 Å². The highest BCUT2D eigenvalue weighted by atomic mass is 16.5. The quantitative estimate of drug-likeness (QED) is 0.246. The molecule has 0 fully saturated rings. The van der Waals surface area contributed by atoms with E-state index in [-0.39, 0.29) is 6.15 Å². The minimum atomic E-state index is -0.888. The lowest BCUT2D eigenvalue weighted by atomic mass is 9.94. The fourth-order valence-corrected chi connectivity index (χ4v) is 4.15. The molecule has 2 aromatic rings. The number of aromatic carboxylic acids is 1. The molecule has 0 saturated heterocycles. The molecular formula is C30H42O5. The monoisotopic (exact) mass is 482 g/mol. The van der Waals surface area contributed by atoms with Gasteiger partial charge in [-0.2, -0.15) is 9.59 Å². The van der Waals surface area contributed by atoms with Gasteiger partial charge in [0.1, 0.15) is 5.75 Å². The van der Waals surface area contributed by atoms with Crippen molar-refractivity contribution in [3.8, 4) is 16.9 Å². The summed E-state index contributed by atoms with van der Waals surface area (Å²) in [6.45, 7) is 7.48. The van der Waals surface area contributed by atoms with Crippen molar-refractivity contribution < 1.29 is 24.2 Å². The standard InChI is InChI=1S/C29H42O3.CO2/c1-4-7-9-10-11-12-13-20-32-28-25(14-6-3)21-27(22-26(28)15-8-5-2)23-16-18-24(19-17-23)29(30)31;2-1-3/h16-19,21-22H,4-15,20H2,1-3H3,(H,30,31);. The van der Waals surface area contributed by atoms with Crippen LogP contribution in [0, 0.1) is 0 Å². The van der Waals surface area contributed by atoms with Gasteiger partial charge in [-0.05, 0) is 72.2 Å². The number of carboxylic acid groups (broad SMARTS) is 1. The average molecular weight is 483 g/mol. The van der Waals surface area contributed by atoms with Gasteiger partial charge in [-0.25, -0.2) is 4.79 Å². The highest BCUT2D eigenvalue weighted by Gasteiger charge is 2.14. The van der Waals surface area contributed by atoms with Gasteiger partial charge in [0.05, 0.1) is 12.2 Å². The number of unbranched alkanes of at least 4 members (excludes halogenated alkanes) is 7. The largest absolute Gasteiger partial charge is 0.493 e. The van der Waals surface area contributed by atoms with Crippen molar-refractivity contribution in [2.24, 2.45) is 0 Å². The molecule has 35 heavy (non-hydrogen) atoms. The molecule has 0 aliphatic heterocycles. The van der Waals surface area contributed by atoms with E-state index < -0.39 is 5.97 Å². The van der Waals surface area contributed by atoms with Crippen molar-refractivity contribution in [2.75, 3.05) is 6.61 Å². The van der Waals surface area contributed by atoms with Crippen LogP contribution in [0.1, 0.15) is 106 Å². The molecule has 0 heterocycles. The van der Waals surface area contributed by atoms with Gasteiger partial charge in [0.2, 0.25) is 0 Å². The molecule has 2 aromatic carbocycles. The third kappa shape index (κ3) is 11.4. The topological polar surface area (TPSA) is 80.7 Å². The summed E-state index contributed by atoms with van der Waals surface area (Å²) >= 11 is 0. The second-order valence-corrected chi connectivity index (χ2v) is 8.91. The smallest absolute Gasteiger partial charge is 0.373 e. The second-order valence-electron chi connectivity index (χ2n) is 8.91. The summed E-state index contributed by atoms with van der Waals surface area (Å²) < 4.78 is 6.41. The Hall–Kier alpha value is -2.91. The van der Waals surface area contributed by atoms with E-state index in [1.807, 2.05) is 12.1 Å². The number of aryl methyl sites for hydroxylation is 2. The number of hydrogen-bond acceptors (Lipinski definition) is 4. The van der Waals surface area contributed by atoms with Crippen LogP contribution in [-0.2, 0) is 22.4 Å². The zero-order valence-corrected chi connectivity index (χ0v) is 21.7. The molecule has 192 valence electrons. The maximum Gasteiger partial charge on any atom is 0.373 e. The minimum absolute atomic E-state index is 0.250. The molecule has 0 aromatic heterocycles. The maximum atomic E-state index is 11.2. The Balaban J connectivity index is 0.00000194. The summed E-state index contributed by atoms with van der Waals surface area (Å²) in [4.78, 5) is 27.5. The van der Waals surface area contributed by atoms with E-state index in [9.17, 15) is 9.90 Å². The van der Waals surface area contributed by atoms with Gasteiger partial charge in [0, 0.05) is 0 Å². The van der Waals surface area contributed by atoms with Crippen LogP contribution in [0.3, 0.4) is 0 Å². The molecule has 0 atom stereocenters. The zero-order chi connectivity index (χ0) is 25.9. The number of benzene rings is 2. The van der Waals surface area contributed by atoms with Crippen LogP contribution in [0.2, 0.25) is 0 Å². The van der Waals surface area contributed by atoms with Gasteiger partial charge in [-0.1, -0.05) is 84.3 Å². The minimum Gasteiger partial charge on any atom is -0.493 e. The molecule has 0 unspecified atom stereocenters. The first-order valence-electron chi connectivity index (χ1n) is 13.1. The van der Waals surface area contributed by atoms with Crippen molar-refractivity contribution in [1.29, 1.82) is 0 Å². The van der Waals surface area contributed by atoms with E-state index in [2.05, 4.69) is 32.9 Å². The van der Waals surface area contributed by atoms with Gasteiger partial charge in [0.25, 0.3) is 0 Å². The summed E-state index contributed by atoms with van der Waals surface area (Å²) in [7, 11) is 0. The Kier molecular flexibility index (Phi) is 15.9. The van der Waals surface area contributed by atoms with Crippen molar-refractivity contribution in [1.82, 2.24) is 0 Å². The van der Waals surface area contributed by atoms with Gasteiger partial charge in [-0.3, -0.25) is 0 Å². The number of hydrogen-bond donors (Lipinski definition) is 1. The van der Waals surface area contributed by atoms with Crippen molar-refractivity contribution in [2.45, 2.75) is 97.8 Å². The first-order chi connectivity index (χ1) is 17.0. The molecule has 0 spiro atoms. The fraction of sp³-hybridized carbons (Fsp3) is 0.533. The van der Waals surface area contributed by atoms with Gasteiger partial charge in [-0.15, -0.1) is 0 Å². The van der Waals surface area contributed by atoms with E-state index in [1.165, 1.54) is 49.7 Å². The molecular weight excluding hydrogens is 440 g/mol. The van der Waals surface area contributed by atoms with E-state index in [4.69, 9.17) is 14.3 Å². The molecule has 0 radical (unpaired) electrons. The first kappa shape index (κ1) is 30.1. The normalized spacial score (nSPS) is 10.3. The number of carbonyl (C=O) groups excluding carboxylic acids is 2. The Bertz CT molecular complexity index is 896. The highest BCUT2D eigenvalue weighted by molar-refractivity contribution is 5.88.